The van der Waals surface area contributed by atoms with Gasteiger partial charge in [0, 0.05) is 134 Å². The van der Waals surface area contributed by atoms with E-state index in [-0.39, 0.29) is 26.8 Å². The summed E-state index contributed by atoms with van der Waals surface area (Å²) in [7, 11) is 3.99. The Morgan fingerprint density at radius 3 is 1.65 bits per heavy atom. The van der Waals surface area contributed by atoms with Crippen LogP contribution < -0.4 is 20.0 Å². The summed E-state index contributed by atoms with van der Waals surface area (Å²) in [6.07, 6.45) is 7.93. The minimum absolute atomic E-state index is 0.152. The molecule has 0 atom stereocenters. The van der Waals surface area contributed by atoms with Gasteiger partial charge < -0.3 is 38.6 Å². The van der Waals surface area contributed by atoms with Gasteiger partial charge in [-0.2, -0.15) is 0 Å². The molecule has 0 saturated carbocycles. The van der Waals surface area contributed by atoms with Gasteiger partial charge in [0.1, 0.15) is 23.3 Å². The molecule has 0 radical (unpaired) electrons. The van der Waals surface area contributed by atoms with Crippen LogP contribution >= 0.6 is 11.6 Å². The molecule has 416 valence electrons. The number of ether oxygens (including phenoxy) is 2. The van der Waals surface area contributed by atoms with E-state index in [1.54, 1.807) is 6.92 Å². The SMILES string of the molecule is CC1(C)CNc2cc(N3CCOCC3)cnc21.Cc1c(-c2ccc3c(ccn3C)c2)nc2cc(F)cc(F)c2c1Cl.Cc1c(-c2ccc3c(ccn3C)c2)nc2cc(F)cc(F)c2c1N1CC(C)(C)c2ncc(N3CCOCC3)cc21. The Balaban J connectivity index is 0.000000134. The summed E-state index contributed by atoms with van der Waals surface area (Å²) in [4.78, 5) is 25.7. The normalized spacial score (nSPS) is 16.3. The van der Waals surface area contributed by atoms with Gasteiger partial charge in [-0.25, -0.2) is 27.5 Å². The number of hydrogen-bond acceptors (Lipinski definition) is 10. The van der Waals surface area contributed by atoms with Gasteiger partial charge in [0.15, 0.2) is 0 Å². The number of benzene rings is 4. The van der Waals surface area contributed by atoms with Gasteiger partial charge in [0.05, 0.1) is 117 Å². The van der Waals surface area contributed by atoms with Crippen LogP contribution in [0.3, 0.4) is 0 Å². The van der Waals surface area contributed by atoms with Crippen molar-refractivity contribution in [3.63, 3.8) is 0 Å². The van der Waals surface area contributed by atoms with Crippen molar-refractivity contribution in [1.82, 2.24) is 29.1 Å². The topological polar surface area (TPSA) is 102 Å². The molecule has 2 saturated heterocycles. The molecular weight excluding hydrogens is 1050 g/mol. The van der Waals surface area contributed by atoms with Crippen LogP contribution in [0.15, 0.2) is 110 Å². The van der Waals surface area contributed by atoms with E-state index in [1.807, 2.05) is 80.7 Å². The molecule has 10 aromatic rings. The second kappa shape index (κ2) is 20.9. The maximum Gasteiger partial charge on any atom is 0.137 e. The van der Waals surface area contributed by atoms with Crippen LogP contribution in [0.5, 0.6) is 0 Å². The summed E-state index contributed by atoms with van der Waals surface area (Å²) in [6, 6.07) is 24.9. The zero-order chi connectivity index (χ0) is 56.6. The van der Waals surface area contributed by atoms with Crippen LogP contribution in [-0.4, -0.2) is 94.8 Å². The van der Waals surface area contributed by atoms with E-state index >= 15 is 4.39 Å². The van der Waals surface area contributed by atoms with Crippen molar-refractivity contribution in [2.45, 2.75) is 52.4 Å². The largest absolute Gasteiger partial charge is 0.383 e. The van der Waals surface area contributed by atoms with Gasteiger partial charge in [-0.3, -0.25) is 9.97 Å². The zero-order valence-corrected chi connectivity index (χ0v) is 47.5. The highest BCUT2D eigenvalue weighted by Crippen LogP contribution is 2.49. The number of aromatic nitrogens is 6. The molecule has 0 spiro atoms. The summed E-state index contributed by atoms with van der Waals surface area (Å²) in [5.41, 5.74) is 14.4. The number of nitrogens with zero attached hydrogens (tertiary/aromatic N) is 9. The molecule has 12 nitrogen and oxygen atoms in total. The van der Waals surface area contributed by atoms with Gasteiger partial charge >= 0.3 is 0 Å². The number of anilines is 5. The van der Waals surface area contributed by atoms with E-state index in [2.05, 4.69) is 92.6 Å². The summed E-state index contributed by atoms with van der Waals surface area (Å²) in [5, 5.41) is 6.34. The summed E-state index contributed by atoms with van der Waals surface area (Å²) in [6.45, 7) is 20.6. The Morgan fingerprint density at radius 1 is 0.580 bits per heavy atom. The van der Waals surface area contributed by atoms with Crippen molar-refractivity contribution in [3.8, 4) is 22.5 Å². The maximum atomic E-state index is 15.7. The van der Waals surface area contributed by atoms with Gasteiger partial charge in [0.2, 0.25) is 0 Å². The molecule has 14 rings (SSSR count). The van der Waals surface area contributed by atoms with Crippen LogP contribution in [0.2, 0.25) is 5.02 Å². The second-order valence-electron chi connectivity index (χ2n) is 22.9. The number of morpholine rings is 2. The highest BCUT2D eigenvalue weighted by atomic mass is 35.5. The fourth-order valence-electron chi connectivity index (χ4n) is 11.9. The zero-order valence-electron chi connectivity index (χ0n) is 46.7. The first-order chi connectivity index (χ1) is 38.8. The molecule has 1 N–H and O–H groups in total. The number of nitrogens with one attached hydrogen (secondary N) is 1. The molecule has 2 fully saturated rings. The fourth-order valence-corrected chi connectivity index (χ4v) is 12.2. The Hall–Kier alpha value is -7.79. The Bertz CT molecular complexity index is 4110. The number of fused-ring (bicyclic) bond motifs is 6. The molecule has 0 unspecified atom stereocenters. The lowest BCUT2D eigenvalue weighted by Gasteiger charge is -2.30. The predicted octanol–water partition coefficient (Wildman–Crippen LogP) is 13.9. The average Bonchev–Trinajstić information content (AvgIpc) is 4.32. The lowest BCUT2D eigenvalue weighted by Crippen LogP contribution is -2.36. The van der Waals surface area contributed by atoms with Crippen LogP contribution in [0, 0.1) is 37.1 Å². The minimum atomic E-state index is -0.698. The van der Waals surface area contributed by atoms with E-state index in [1.165, 1.54) is 29.2 Å². The van der Waals surface area contributed by atoms with Crippen LogP contribution in [0.25, 0.3) is 66.1 Å². The van der Waals surface area contributed by atoms with Crippen molar-refractivity contribution < 1.29 is 27.0 Å². The highest BCUT2D eigenvalue weighted by Gasteiger charge is 2.40. The first-order valence-electron chi connectivity index (χ1n) is 27.4. The van der Waals surface area contributed by atoms with Crippen LogP contribution in [0.1, 0.15) is 50.2 Å². The predicted molar refractivity (Wildman–Crippen MR) is 318 cm³/mol. The fraction of sp³-hybridized carbons (Fsp3) is 0.312. The van der Waals surface area contributed by atoms with E-state index in [0.717, 1.165) is 114 Å². The molecule has 4 aliphatic heterocycles. The molecule has 6 aromatic heterocycles. The molecular formula is C64H63ClF4N10O2. The van der Waals surface area contributed by atoms with Crippen LogP contribution in [-0.2, 0) is 34.4 Å². The summed E-state index contributed by atoms with van der Waals surface area (Å²) < 4.78 is 72.9. The smallest absolute Gasteiger partial charge is 0.137 e. The van der Waals surface area contributed by atoms with Gasteiger partial charge in [-0.1, -0.05) is 51.4 Å². The van der Waals surface area contributed by atoms with E-state index < -0.39 is 23.3 Å². The van der Waals surface area contributed by atoms with Gasteiger partial charge in [-0.15, -0.1) is 0 Å². The summed E-state index contributed by atoms with van der Waals surface area (Å²) in [5.74, 6) is -2.63. The van der Waals surface area contributed by atoms with Crippen molar-refractivity contribution in [2.75, 3.05) is 85.7 Å². The molecule has 0 amide bonds. The second-order valence-corrected chi connectivity index (χ2v) is 23.2. The van der Waals surface area contributed by atoms with Crippen molar-refractivity contribution in [3.05, 3.63) is 161 Å². The van der Waals surface area contributed by atoms with E-state index in [9.17, 15) is 13.2 Å². The third-order valence-electron chi connectivity index (χ3n) is 16.3. The maximum absolute atomic E-state index is 15.7. The highest BCUT2D eigenvalue weighted by molar-refractivity contribution is 6.36. The van der Waals surface area contributed by atoms with Gasteiger partial charge in [0.25, 0.3) is 0 Å². The molecule has 4 aromatic carbocycles. The number of halogens is 5. The first kappa shape index (κ1) is 53.8. The Morgan fingerprint density at radius 2 is 1.09 bits per heavy atom. The Kier molecular flexibility index (Phi) is 13.9. The average molecular weight is 1120 g/mol. The third kappa shape index (κ3) is 9.94. The number of aryl methyl sites for hydroxylation is 2. The first-order valence-corrected chi connectivity index (χ1v) is 27.7. The molecule has 4 aliphatic rings. The lowest BCUT2D eigenvalue weighted by molar-refractivity contribution is 0.122. The Labute approximate surface area is 472 Å². The molecule has 0 aliphatic carbocycles. The van der Waals surface area contributed by atoms with E-state index in [0.29, 0.717) is 53.3 Å². The van der Waals surface area contributed by atoms with Crippen molar-refractivity contribution in [1.29, 1.82) is 0 Å². The number of pyridine rings is 4. The number of rotatable bonds is 5. The van der Waals surface area contributed by atoms with Crippen LogP contribution in [0.4, 0.5) is 46.0 Å². The van der Waals surface area contributed by atoms with Crippen molar-refractivity contribution in [2.24, 2.45) is 14.1 Å². The van der Waals surface area contributed by atoms with Crippen molar-refractivity contribution >= 4 is 83.6 Å². The molecule has 17 heteroatoms. The lowest BCUT2D eigenvalue weighted by atomic mass is 9.91. The molecule has 0 bridgehead atoms. The standard InChI is InChI=1S/C32H31F2N5O.C19H13ClF2N2.C13H19N3O/c1-19-29(21-5-6-26-20(13-21)7-8-37(26)4)36-25-15-22(33)14-24(34)28(25)30(19)39-18-32(2,3)31-27(39)16-23(17-35-31)38-9-11-40-12-10-38;1-10-18(20)17-14(22)8-13(21)9-15(17)23-19(10)12-3-4-16-11(7-12)5-6-24(16)2;1-13(2)9-15-11-7-10(8-14-12(11)13)16-3-5-17-6-4-16/h5-8,13-17H,9-12,18H2,1-4H3;3-9H,1-2H3;7-8,15H,3-6,9H2,1-2H3. The summed E-state index contributed by atoms with van der Waals surface area (Å²) >= 11 is 6.35. The molecule has 81 heavy (non-hydrogen) atoms. The quantitative estimate of drug-likeness (QED) is 0.168. The molecule has 10 heterocycles. The monoisotopic (exact) mass is 1110 g/mol. The van der Waals surface area contributed by atoms with E-state index in [4.69, 9.17) is 31.0 Å². The van der Waals surface area contributed by atoms with Gasteiger partial charge in [-0.05, 0) is 73.5 Å². The number of hydrogen-bond donors (Lipinski definition) is 1. The third-order valence-corrected chi connectivity index (χ3v) is 16.8. The minimum Gasteiger partial charge on any atom is -0.383 e.